The first-order chi connectivity index (χ1) is 11.9. The maximum absolute atomic E-state index is 11.5. The van der Waals surface area contributed by atoms with Crippen LogP contribution in [0.2, 0.25) is 0 Å². The SMILES string of the molecule is COC(=O)[C@H](N)Cc1cc(I)c(OCCc2ccc(O)cc2)c(I)c1. The van der Waals surface area contributed by atoms with Crippen molar-refractivity contribution in [2.24, 2.45) is 5.73 Å². The molecule has 0 saturated carbocycles. The lowest BCUT2D eigenvalue weighted by Crippen LogP contribution is -2.33. The van der Waals surface area contributed by atoms with Crippen LogP contribution in [-0.2, 0) is 22.4 Å². The van der Waals surface area contributed by atoms with Gasteiger partial charge in [0, 0.05) is 6.42 Å². The van der Waals surface area contributed by atoms with Crippen LogP contribution in [0.5, 0.6) is 11.5 Å². The van der Waals surface area contributed by atoms with Crippen LogP contribution < -0.4 is 10.5 Å². The minimum Gasteiger partial charge on any atom is -0.508 e. The zero-order valence-electron chi connectivity index (χ0n) is 13.7. The van der Waals surface area contributed by atoms with Gasteiger partial charge >= 0.3 is 5.97 Å². The second-order valence-corrected chi connectivity index (χ2v) is 7.81. The Kier molecular flexibility index (Phi) is 7.76. The van der Waals surface area contributed by atoms with Gasteiger partial charge in [0.25, 0.3) is 0 Å². The monoisotopic (exact) mass is 567 g/mol. The molecule has 25 heavy (non-hydrogen) atoms. The smallest absolute Gasteiger partial charge is 0.322 e. The highest BCUT2D eigenvalue weighted by atomic mass is 127. The molecule has 0 amide bonds. The first-order valence-electron chi connectivity index (χ1n) is 7.62. The van der Waals surface area contributed by atoms with E-state index in [1.165, 1.54) is 7.11 Å². The summed E-state index contributed by atoms with van der Waals surface area (Å²) >= 11 is 4.45. The molecule has 0 aliphatic rings. The maximum Gasteiger partial charge on any atom is 0.322 e. The highest BCUT2D eigenvalue weighted by molar-refractivity contribution is 14.1. The van der Waals surface area contributed by atoms with E-state index >= 15 is 0 Å². The van der Waals surface area contributed by atoms with Crippen molar-refractivity contribution < 1.29 is 19.4 Å². The van der Waals surface area contributed by atoms with E-state index in [9.17, 15) is 9.90 Å². The lowest BCUT2D eigenvalue weighted by atomic mass is 10.1. The zero-order chi connectivity index (χ0) is 18.4. The molecule has 2 aromatic rings. The number of phenolic OH excluding ortho intramolecular Hbond substituents is 1. The first kappa shape index (κ1) is 20.2. The van der Waals surface area contributed by atoms with E-state index in [2.05, 4.69) is 49.9 Å². The molecule has 0 aliphatic heterocycles. The summed E-state index contributed by atoms with van der Waals surface area (Å²) in [7, 11) is 1.33. The van der Waals surface area contributed by atoms with Crippen molar-refractivity contribution in [2.75, 3.05) is 13.7 Å². The molecule has 0 radical (unpaired) electrons. The fourth-order valence-corrected chi connectivity index (χ4v) is 4.50. The van der Waals surface area contributed by atoms with Crippen LogP contribution in [0.25, 0.3) is 0 Å². The van der Waals surface area contributed by atoms with Crippen LogP contribution in [0.15, 0.2) is 36.4 Å². The number of methoxy groups -OCH3 is 1. The van der Waals surface area contributed by atoms with Crippen molar-refractivity contribution >= 4 is 51.2 Å². The lowest BCUT2D eigenvalue weighted by molar-refractivity contribution is -0.142. The van der Waals surface area contributed by atoms with Crippen molar-refractivity contribution in [1.29, 1.82) is 0 Å². The molecule has 7 heteroatoms. The molecule has 1 atom stereocenters. The van der Waals surface area contributed by atoms with E-state index in [-0.39, 0.29) is 5.75 Å². The van der Waals surface area contributed by atoms with E-state index in [0.29, 0.717) is 13.0 Å². The van der Waals surface area contributed by atoms with Crippen molar-refractivity contribution in [3.63, 3.8) is 0 Å². The number of nitrogens with two attached hydrogens (primary N) is 1. The Bertz CT molecular complexity index is 711. The van der Waals surface area contributed by atoms with Gasteiger partial charge in [0.05, 0.1) is 20.9 Å². The van der Waals surface area contributed by atoms with E-state index in [4.69, 9.17) is 10.5 Å². The third-order valence-electron chi connectivity index (χ3n) is 3.59. The maximum atomic E-state index is 11.5. The predicted molar refractivity (Wildman–Crippen MR) is 113 cm³/mol. The molecule has 0 heterocycles. The number of ether oxygens (including phenoxy) is 2. The Hall–Kier alpha value is -1.07. The van der Waals surface area contributed by atoms with Gasteiger partial charge in [0.2, 0.25) is 0 Å². The average molecular weight is 567 g/mol. The standard InChI is InChI=1S/C18H19I2NO4/c1-24-18(23)16(21)10-12-8-14(19)17(15(20)9-12)25-7-6-11-2-4-13(22)5-3-11/h2-5,8-9,16,22H,6-7,10,21H2,1H3/t16-/m1/s1. The van der Waals surface area contributed by atoms with E-state index < -0.39 is 12.0 Å². The highest BCUT2D eigenvalue weighted by Gasteiger charge is 2.16. The van der Waals surface area contributed by atoms with Gasteiger partial charge in [-0.15, -0.1) is 0 Å². The minimum atomic E-state index is -0.669. The van der Waals surface area contributed by atoms with Crippen molar-refractivity contribution in [3.05, 3.63) is 54.7 Å². The number of phenols is 1. The second kappa shape index (κ2) is 9.58. The summed E-state index contributed by atoms with van der Waals surface area (Å²) < 4.78 is 12.5. The molecular weight excluding hydrogens is 548 g/mol. The molecular formula is C18H19I2NO4. The fourth-order valence-electron chi connectivity index (χ4n) is 2.29. The Balaban J connectivity index is 1.99. The lowest BCUT2D eigenvalue weighted by Gasteiger charge is -2.14. The van der Waals surface area contributed by atoms with Crippen LogP contribution in [0, 0.1) is 7.14 Å². The number of rotatable bonds is 7. The Morgan fingerprint density at radius 3 is 2.32 bits per heavy atom. The first-order valence-corrected chi connectivity index (χ1v) is 9.78. The number of carbonyl (C=O) groups is 1. The fraction of sp³-hybridized carbons (Fsp3) is 0.278. The average Bonchev–Trinajstić information content (AvgIpc) is 2.58. The van der Waals surface area contributed by atoms with Crippen molar-refractivity contribution in [2.45, 2.75) is 18.9 Å². The van der Waals surface area contributed by atoms with Gasteiger partial charge in [0.1, 0.15) is 17.5 Å². The van der Waals surface area contributed by atoms with Crippen LogP contribution in [-0.4, -0.2) is 30.8 Å². The minimum absolute atomic E-state index is 0.259. The molecule has 0 saturated heterocycles. The van der Waals surface area contributed by atoms with Gasteiger partial charge < -0.3 is 20.3 Å². The molecule has 0 bridgehead atoms. The van der Waals surface area contributed by atoms with E-state index in [1.807, 2.05) is 24.3 Å². The van der Waals surface area contributed by atoms with Gasteiger partial charge in [-0.05, 0) is 87.0 Å². The molecule has 0 fully saturated rings. The molecule has 2 rings (SSSR count). The van der Waals surface area contributed by atoms with Crippen LogP contribution in [0.3, 0.4) is 0 Å². The summed E-state index contributed by atoms with van der Waals surface area (Å²) in [4.78, 5) is 11.5. The number of aromatic hydroxyl groups is 1. The topological polar surface area (TPSA) is 81.8 Å². The zero-order valence-corrected chi connectivity index (χ0v) is 18.0. The Labute approximate surface area is 174 Å². The summed E-state index contributed by atoms with van der Waals surface area (Å²) in [6.07, 6.45) is 1.17. The second-order valence-electron chi connectivity index (χ2n) is 5.49. The highest BCUT2D eigenvalue weighted by Crippen LogP contribution is 2.29. The number of esters is 1. The van der Waals surface area contributed by atoms with Gasteiger partial charge in [0.15, 0.2) is 0 Å². The van der Waals surface area contributed by atoms with Gasteiger partial charge in [-0.1, -0.05) is 12.1 Å². The number of halogens is 2. The summed E-state index contributed by atoms with van der Waals surface area (Å²) in [6, 6.07) is 10.4. The number of benzene rings is 2. The van der Waals surface area contributed by atoms with Gasteiger partial charge in [-0.2, -0.15) is 0 Å². The largest absolute Gasteiger partial charge is 0.508 e. The third kappa shape index (κ3) is 6.00. The molecule has 0 aromatic heterocycles. The summed E-state index contributed by atoms with van der Waals surface area (Å²) in [5, 5.41) is 9.30. The summed E-state index contributed by atoms with van der Waals surface area (Å²) in [5.74, 6) is 0.670. The molecule has 5 nitrogen and oxygen atoms in total. The van der Waals surface area contributed by atoms with Crippen LogP contribution in [0.1, 0.15) is 11.1 Å². The molecule has 2 aromatic carbocycles. The number of carbonyl (C=O) groups excluding carboxylic acids is 1. The molecule has 0 unspecified atom stereocenters. The Morgan fingerprint density at radius 1 is 1.16 bits per heavy atom. The molecule has 3 N–H and O–H groups in total. The summed E-state index contributed by atoms with van der Waals surface area (Å²) in [5.41, 5.74) is 7.90. The van der Waals surface area contributed by atoms with Crippen LogP contribution in [0.4, 0.5) is 0 Å². The van der Waals surface area contributed by atoms with E-state index in [0.717, 1.165) is 30.4 Å². The Morgan fingerprint density at radius 2 is 1.76 bits per heavy atom. The molecule has 0 spiro atoms. The third-order valence-corrected chi connectivity index (χ3v) is 5.19. The summed E-state index contributed by atoms with van der Waals surface area (Å²) in [6.45, 7) is 0.539. The number of hydrogen-bond donors (Lipinski definition) is 2. The van der Waals surface area contributed by atoms with Gasteiger partial charge in [-0.3, -0.25) is 4.79 Å². The normalized spacial score (nSPS) is 11.8. The molecule has 134 valence electrons. The van der Waals surface area contributed by atoms with Crippen LogP contribution >= 0.6 is 45.2 Å². The van der Waals surface area contributed by atoms with Crippen molar-refractivity contribution in [1.82, 2.24) is 0 Å². The van der Waals surface area contributed by atoms with E-state index in [1.54, 1.807) is 12.1 Å². The predicted octanol–water partition coefficient (Wildman–Crippen LogP) is 3.27. The quantitative estimate of drug-likeness (QED) is 0.397. The van der Waals surface area contributed by atoms with Gasteiger partial charge in [-0.25, -0.2) is 0 Å². The molecule has 0 aliphatic carbocycles. The van der Waals surface area contributed by atoms with Crippen molar-refractivity contribution in [3.8, 4) is 11.5 Å². The number of hydrogen-bond acceptors (Lipinski definition) is 5.